The molecule has 110 valence electrons. The highest BCUT2D eigenvalue weighted by Gasteiger charge is 2.23. The summed E-state index contributed by atoms with van der Waals surface area (Å²) >= 11 is 3.48. The number of halogens is 1. The Morgan fingerprint density at radius 2 is 2.35 bits per heavy atom. The van der Waals surface area contributed by atoms with E-state index >= 15 is 0 Å². The number of piperidine rings is 1. The maximum Gasteiger partial charge on any atom is 0.321 e. The van der Waals surface area contributed by atoms with Crippen LogP contribution < -0.4 is 5.32 Å². The van der Waals surface area contributed by atoms with Gasteiger partial charge in [-0.2, -0.15) is 0 Å². The molecule has 1 aromatic carbocycles. The van der Waals surface area contributed by atoms with E-state index in [9.17, 15) is 4.79 Å². The van der Waals surface area contributed by atoms with E-state index in [4.69, 9.17) is 4.74 Å². The lowest BCUT2D eigenvalue weighted by Gasteiger charge is -2.32. The molecule has 1 fully saturated rings. The van der Waals surface area contributed by atoms with Crippen LogP contribution in [0.25, 0.3) is 0 Å². The lowest BCUT2D eigenvalue weighted by Crippen LogP contribution is -2.43. The minimum Gasteiger partial charge on any atom is -0.384 e. The summed E-state index contributed by atoms with van der Waals surface area (Å²) < 4.78 is 6.11. The number of aryl methyl sites for hydroxylation is 1. The van der Waals surface area contributed by atoms with Gasteiger partial charge in [0.25, 0.3) is 0 Å². The zero-order valence-corrected chi connectivity index (χ0v) is 13.6. The molecule has 0 aliphatic carbocycles. The first-order valence-electron chi connectivity index (χ1n) is 6.91. The number of methoxy groups -OCH3 is 1. The number of anilines is 1. The third kappa shape index (κ3) is 3.96. The first kappa shape index (κ1) is 15.3. The van der Waals surface area contributed by atoms with Crippen LogP contribution in [0.3, 0.4) is 0 Å². The number of benzene rings is 1. The molecule has 20 heavy (non-hydrogen) atoms. The molecule has 1 aliphatic rings. The predicted octanol–water partition coefficient (Wildman–Crippen LogP) is 3.65. The van der Waals surface area contributed by atoms with Crippen LogP contribution in [0.5, 0.6) is 0 Å². The number of ether oxygens (including phenoxy) is 1. The van der Waals surface area contributed by atoms with Crippen LogP contribution in [-0.2, 0) is 4.74 Å². The Kier molecular flexibility index (Phi) is 5.43. The summed E-state index contributed by atoms with van der Waals surface area (Å²) in [5, 5.41) is 2.97. The molecule has 1 heterocycles. The molecule has 0 radical (unpaired) electrons. The highest BCUT2D eigenvalue weighted by atomic mass is 79.9. The minimum atomic E-state index is -0.0321. The standard InChI is InChI=1S/C15H21BrN2O2/c1-11-5-6-14(13(16)8-11)17-15(19)18-7-3-4-12(9-18)10-20-2/h5-6,8,12H,3-4,7,9-10H2,1-2H3,(H,17,19)/t12-/m1/s1. The van der Waals surface area contributed by atoms with Gasteiger partial charge in [-0.05, 0) is 53.4 Å². The van der Waals surface area contributed by atoms with E-state index in [1.807, 2.05) is 30.0 Å². The lowest BCUT2D eigenvalue weighted by molar-refractivity contribution is 0.104. The fraction of sp³-hybridized carbons (Fsp3) is 0.533. The second-order valence-electron chi connectivity index (χ2n) is 5.32. The number of nitrogens with zero attached hydrogens (tertiary/aromatic N) is 1. The first-order valence-corrected chi connectivity index (χ1v) is 7.70. The molecule has 1 saturated heterocycles. The van der Waals surface area contributed by atoms with Crippen LogP contribution in [0, 0.1) is 12.8 Å². The summed E-state index contributed by atoms with van der Waals surface area (Å²) in [6.07, 6.45) is 2.17. The molecule has 0 bridgehead atoms. The van der Waals surface area contributed by atoms with Crippen molar-refractivity contribution in [1.29, 1.82) is 0 Å². The van der Waals surface area contributed by atoms with E-state index in [-0.39, 0.29) is 6.03 Å². The molecule has 4 nitrogen and oxygen atoms in total. The third-order valence-electron chi connectivity index (χ3n) is 3.57. The Morgan fingerprint density at radius 1 is 1.55 bits per heavy atom. The summed E-state index contributed by atoms with van der Waals surface area (Å²) in [7, 11) is 1.71. The molecule has 2 rings (SSSR count). The van der Waals surface area contributed by atoms with Gasteiger partial charge >= 0.3 is 6.03 Å². The summed E-state index contributed by atoms with van der Waals surface area (Å²) in [5.41, 5.74) is 1.97. The van der Waals surface area contributed by atoms with Gasteiger partial charge in [0.15, 0.2) is 0 Å². The van der Waals surface area contributed by atoms with Crippen LogP contribution >= 0.6 is 15.9 Å². The highest BCUT2D eigenvalue weighted by Crippen LogP contribution is 2.24. The smallest absolute Gasteiger partial charge is 0.321 e. The van der Waals surface area contributed by atoms with Crippen molar-refractivity contribution in [3.8, 4) is 0 Å². The molecule has 5 heteroatoms. The maximum absolute atomic E-state index is 12.3. The van der Waals surface area contributed by atoms with Crippen molar-refractivity contribution in [2.24, 2.45) is 5.92 Å². The Hall–Kier alpha value is -1.07. The van der Waals surface area contributed by atoms with Crippen LogP contribution in [0.15, 0.2) is 22.7 Å². The fourth-order valence-electron chi connectivity index (χ4n) is 2.54. The molecule has 0 aromatic heterocycles. The largest absolute Gasteiger partial charge is 0.384 e. The van der Waals surface area contributed by atoms with Gasteiger partial charge in [-0.25, -0.2) is 4.79 Å². The zero-order valence-electron chi connectivity index (χ0n) is 12.0. The molecule has 1 N–H and O–H groups in total. The molecule has 1 aromatic rings. The van der Waals surface area contributed by atoms with E-state index in [0.717, 1.165) is 48.3 Å². The van der Waals surface area contributed by atoms with Gasteiger partial charge in [-0.15, -0.1) is 0 Å². The number of carbonyl (C=O) groups is 1. The van der Waals surface area contributed by atoms with Gasteiger partial charge in [0.1, 0.15) is 0 Å². The van der Waals surface area contributed by atoms with Crippen molar-refractivity contribution >= 4 is 27.6 Å². The van der Waals surface area contributed by atoms with Gasteiger partial charge in [-0.1, -0.05) is 6.07 Å². The zero-order chi connectivity index (χ0) is 14.5. The third-order valence-corrected chi connectivity index (χ3v) is 4.23. The van der Waals surface area contributed by atoms with E-state index in [1.165, 1.54) is 0 Å². The van der Waals surface area contributed by atoms with Crippen molar-refractivity contribution < 1.29 is 9.53 Å². The molecule has 0 unspecified atom stereocenters. The van der Waals surface area contributed by atoms with Gasteiger partial charge in [-0.3, -0.25) is 0 Å². The summed E-state index contributed by atoms with van der Waals surface area (Å²) in [4.78, 5) is 14.2. The molecule has 1 atom stereocenters. The Balaban J connectivity index is 1.97. The summed E-state index contributed by atoms with van der Waals surface area (Å²) in [6.45, 7) is 4.33. The summed E-state index contributed by atoms with van der Waals surface area (Å²) in [6, 6.07) is 5.88. The van der Waals surface area contributed by atoms with Crippen molar-refractivity contribution in [3.63, 3.8) is 0 Å². The number of carbonyl (C=O) groups excluding carboxylic acids is 1. The second-order valence-corrected chi connectivity index (χ2v) is 6.18. The molecule has 2 amide bonds. The molecule has 1 aliphatic heterocycles. The average molecular weight is 341 g/mol. The Bertz CT molecular complexity index is 477. The molecule has 0 saturated carbocycles. The van der Waals surface area contributed by atoms with E-state index < -0.39 is 0 Å². The monoisotopic (exact) mass is 340 g/mol. The fourth-order valence-corrected chi connectivity index (χ4v) is 3.13. The van der Waals surface area contributed by atoms with Gasteiger partial charge in [0, 0.05) is 30.6 Å². The molecular formula is C15H21BrN2O2. The van der Waals surface area contributed by atoms with Crippen molar-refractivity contribution in [1.82, 2.24) is 4.90 Å². The van der Waals surface area contributed by atoms with Crippen LogP contribution in [0.4, 0.5) is 10.5 Å². The Labute approximate surface area is 128 Å². The topological polar surface area (TPSA) is 41.6 Å². The van der Waals surface area contributed by atoms with E-state index in [0.29, 0.717) is 5.92 Å². The van der Waals surface area contributed by atoms with Crippen LogP contribution in [-0.4, -0.2) is 37.7 Å². The number of hydrogen-bond donors (Lipinski definition) is 1. The van der Waals surface area contributed by atoms with Gasteiger partial charge < -0.3 is 15.0 Å². The lowest BCUT2D eigenvalue weighted by atomic mass is 9.99. The number of amides is 2. The normalized spacial score (nSPS) is 18.9. The number of nitrogens with one attached hydrogen (secondary N) is 1. The number of urea groups is 1. The number of likely N-dealkylation sites (tertiary alicyclic amines) is 1. The predicted molar refractivity (Wildman–Crippen MR) is 84.1 cm³/mol. The van der Waals surface area contributed by atoms with Gasteiger partial charge in [0.2, 0.25) is 0 Å². The Morgan fingerprint density at radius 3 is 3.05 bits per heavy atom. The second kappa shape index (κ2) is 7.09. The van der Waals surface area contributed by atoms with Crippen molar-refractivity contribution in [3.05, 3.63) is 28.2 Å². The first-order chi connectivity index (χ1) is 9.60. The SMILES string of the molecule is COC[C@@H]1CCCN(C(=O)Nc2ccc(C)cc2Br)C1. The van der Waals surface area contributed by atoms with Crippen molar-refractivity contribution in [2.45, 2.75) is 19.8 Å². The highest BCUT2D eigenvalue weighted by molar-refractivity contribution is 9.10. The summed E-state index contributed by atoms with van der Waals surface area (Å²) in [5.74, 6) is 0.445. The van der Waals surface area contributed by atoms with Crippen LogP contribution in [0.1, 0.15) is 18.4 Å². The number of hydrogen-bond acceptors (Lipinski definition) is 2. The number of rotatable bonds is 3. The minimum absolute atomic E-state index is 0.0321. The average Bonchev–Trinajstić information content (AvgIpc) is 2.42. The van der Waals surface area contributed by atoms with Gasteiger partial charge in [0.05, 0.1) is 12.3 Å². The molecule has 0 spiro atoms. The molecular weight excluding hydrogens is 320 g/mol. The van der Waals surface area contributed by atoms with Crippen molar-refractivity contribution in [2.75, 3.05) is 32.1 Å². The van der Waals surface area contributed by atoms with E-state index in [2.05, 4.69) is 21.2 Å². The maximum atomic E-state index is 12.3. The van der Waals surface area contributed by atoms with E-state index in [1.54, 1.807) is 7.11 Å². The van der Waals surface area contributed by atoms with Crippen LogP contribution in [0.2, 0.25) is 0 Å². The quantitative estimate of drug-likeness (QED) is 0.912.